The van der Waals surface area contributed by atoms with E-state index in [4.69, 9.17) is 5.11 Å². The SMILES string of the molecule is O=C(O)c1cnc(NCCNc2nccc(C(F)(F)F)n2)cn1. The van der Waals surface area contributed by atoms with Gasteiger partial charge in [-0.3, -0.25) is 0 Å². The normalized spacial score (nSPS) is 11.1. The Labute approximate surface area is 127 Å². The maximum Gasteiger partial charge on any atom is 0.433 e. The van der Waals surface area contributed by atoms with Gasteiger partial charge in [0.1, 0.15) is 11.5 Å². The number of halogens is 3. The number of hydrogen-bond acceptors (Lipinski definition) is 7. The lowest BCUT2D eigenvalue weighted by molar-refractivity contribution is -0.141. The summed E-state index contributed by atoms with van der Waals surface area (Å²) in [7, 11) is 0. The molecule has 0 aliphatic heterocycles. The Balaban J connectivity index is 1.82. The van der Waals surface area contributed by atoms with Gasteiger partial charge in [-0.05, 0) is 6.07 Å². The highest BCUT2D eigenvalue weighted by atomic mass is 19.4. The van der Waals surface area contributed by atoms with E-state index < -0.39 is 17.8 Å². The van der Waals surface area contributed by atoms with Crippen molar-refractivity contribution in [3.63, 3.8) is 0 Å². The van der Waals surface area contributed by atoms with Crippen molar-refractivity contribution >= 4 is 17.7 Å². The van der Waals surface area contributed by atoms with E-state index in [0.29, 0.717) is 12.4 Å². The second-order valence-corrected chi connectivity index (χ2v) is 4.21. The molecule has 0 saturated carbocycles. The molecule has 2 aromatic heterocycles. The minimum absolute atomic E-state index is 0.145. The third kappa shape index (κ3) is 4.76. The number of rotatable bonds is 6. The highest BCUT2D eigenvalue weighted by molar-refractivity contribution is 5.84. The van der Waals surface area contributed by atoms with E-state index in [9.17, 15) is 18.0 Å². The highest BCUT2D eigenvalue weighted by Crippen LogP contribution is 2.27. The van der Waals surface area contributed by atoms with E-state index in [1.807, 2.05) is 0 Å². The van der Waals surface area contributed by atoms with Crippen molar-refractivity contribution in [3.05, 3.63) is 36.0 Å². The van der Waals surface area contributed by atoms with Crippen LogP contribution in [0.3, 0.4) is 0 Å². The zero-order valence-electron chi connectivity index (χ0n) is 11.5. The number of carbonyl (C=O) groups is 1. The Kier molecular flexibility index (Phi) is 4.88. The quantitative estimate of drug-likeness (QED) is 0.684. The molecule has 0 fully saturated rings. The first-order valence-electron chi connectivity index (χ1n) is 6.29. The molecule has 0 atom stereocenters. The second kappa shape index (κ2) is 6.85. The van der Waals surface area contributed by atoms with E-state index in [2.05, 4.69) is 30.6 Å². The summed E-state index contributed by atoms with van der Waals surface area (Å²) in [5.41, 5.74) is -1.22. The number of carboxylic acids is 1. The Hall–Kier alpha value is -2.98. The molecule has 0 aliphatic rings. The average Bonchev–Trinajstić information content (AvgIpc) is 2.51. The minimum Gasteiger partial charge on any atom is -0.476 e. The lowest BCUT2D eigenvalue weighted by Gasteiger charge is -2.09. The third-order valence-corrected chi connectivity index (χ3v) is 2.53. The maximum atomic E-state index is 12.5. The molecule has 0 amide bonds. The molecule has 8 nitrogen and oxygen atoms in total. The van der Waals surface area contributed by atoms with Gasteiger partial charge in [0.2, 0.25) is 5.95 Å². The van der Waals surface area contributed by atoms with Gasteiger partial charge in [-0.25, -0.2) is 24.7 Å². The predicted molar refractivity (Wildman–Crippen MR) is 73.0 cm³/mol. The number of aromatic nitrogens is 4. The molecule has 3 N–H and O–H groups in total. The zero-order valence-corrected chi connectivity index (χ0v) is 11.5. The fourth-order valence-electron chi connectivity index (χ4n) is 1.50. The lowest BCUT2D eigenvalue weighted by Crippen LogP contribution is -2.17. The summed E-state index contributed by atoms with van der Waals surface area (Å²) in [6.07, 6.45) is -1.18. The van der Waals surface area contributed by atoms with Gasteiger partial charge in [-0.15, -0.1) is 0 Å². The maximum absolute atomic E-state index is 12.5. The van der Waals surface area contributed by atoms with E-state index in [1.165, 1.54) is 6.20 Å². The summed E-state index contributed by atoms with van der Waals surface area (Å²) >= 11 is 0. The molecule has 2 rings (SSSR count). The molecule has 0 unspecified atom stereocenters. The van der Waals surface area contributed by atoms with Crippen LogP contribution >= 0.6 is 0 Å². The first-order chi connectivity index (χ1) is 10.9. The number of hydrogen-bond donors (Lipinski definition) is 3. The summed E-state index contributed by atoms with van der Waals surface area (Å²) in [4.78, 5) is 25.1. The number of carboxylic acid groups (broad SMARTS) is 1. The smallest absolute Gasteiger partial charge is 0.433 e. The van der Waals surface area contributed by atoms with Crippen LogP contribution in [0.4, 0.5) is 24.9 Å². The Morgan fingerprint density at radius 1 is 1.13 bits per heavy atom. The van der Waals surface area contributed by atoms with E-state index in [0.717, 1.165) is 18.5 Å². The molecule has 0 bridgehead atoms. The van der Waals surface area contributed by atoms with Crippen LogP contribution in [0.25, 0.3) is 0 Å². The van der Waals surface area contributed by atoms with Crippen molar-refractivity contribution in [2.75, 3.05) is 23.7 Å². The Morgan fingerprint density at radius 2 is 1.87 bits per heavy atom. The van der Waals surface area contributed by atoms with Gasteiger partial charge in [0, 0.05) is 19.3 Å². The summed E-state index contributed by atoms with van der Waals surface area (Å²) in [6.45, 7) is 0.518. The summed E-state index contributed by atoms with van der Waals surface area (Å²) in [5.74, 6) is -0.997. The second-order valence-electron chi connectivity index (χ2n) is 4.21. The number of nitrogens with one attached hydrogen (secondary N) is 2. The van der Waals surface area contributed by atoms with E-state index in [1.54, 1.807) is 0 Å². The Morgan fingerprint density at radius 3 is 2.48 bits per heavy atom. The standard InChI is InChI=1S/C12H11F3N6O2/c13-12(14,15)8-1-2-17-11(21-8)18-4-3-16-9-6-19-7(5-20-9)10(22)23/h1-2,5-6H,3-4H2,(H,16,20)(H,22,23)(H,17,18,21). The molecule has 0 aromatic carbocycles. The van der Waals surface area contributed by atoms with E-state index in [-0.39, 0.29) is 18.2 Å². The molecule has 2 heterocycles. The van der Waals surface area contributed by atoms with Crippen LogP contribution in [0.2, 0.25) is 0 Å². The molecule has 0 spiro atoms. The molecular formula is C12H11F3N6O2. The van der Waals surface area contributed by atoms with Gasteiger partial charge >= 0.3 is 12.1 Å². The van der Waals surface area contributed by atoms with Gasteiger partial charge in [0.25, 0.3) is 0 Å². The molecule has 2 aromatic rings. The lowest BCUT2D eigenvalue weighted by atomic mass is 10.4. The minimum atomic E-state index is -4.53. The first-order valence-corrected chi connectivity index (χ1v) is 6.29. The van der Waals surface area contributed by atoms with Crippen LogP contribution in [0.15, 0.2) is 24.7 Å². The van der Waals surface area contributed by atoms with Crippen molar-refractivity contribution in [2.24, 2.45) is 0 Å². The predicted octanol–water partition coefficient (Wildman–Crippen LogP) is 1.51. The molecule has 0 aliphatic carbocycles. The van der Waals surface area contributed by atoms with Crippen molar-refractivity contribution in [1.82, 2.24) is 19.9 Å². The van der Waals surface area contributed by atoms with Gasteiger partial charge in [0.15, 0.2) is 5.69 Å². The number of aromatic carboxylic acids is 1. The monoisotopic (exact) mass is 328 g/mol. The van der Waals surface area contributed by atoms with Crippen LogP contribution in [0, 0.1) is 0 Å². The van der Waals surface area contributed by atoms with Gasteiger partial charge < -0.3 is 15.7 Å². The largest absolute Gasteiger partial charge is 0.476 e. The van der Waals surface area contributed by atoms with Crippen molar-refractivity contribution < 1.29 is 23.1 Å². The van der Waals surface area contributed by atoms with Crippen LogP contribution < -0.4 is 10.6 Å². The fourth-order valence-corrected chi connectivity index (χ4v) is 1.50. The summed E-state index contributed by atoms with van der Waals surface area (Å²) in [5, 5.41) is 14.1. The highest BCUT2D eigenvalue weighted by Gasteiger charge is 2.32. The van der Waals surface area contributed by atoms with Crippen LogP contribution in [0.5, 0.6) is 0 Å². The van der Waals surface area contributed by atoms with Crippen molar-refractivity contribution in [1.29, 1.82) is 0 Å². The summed E-state index contributed by atoms with van der Waals surface area (Å²) in [6, 6.07) is 0.781. The number of nitrogens with zero attached hydrogens (tertiary/aromatic N) is 4. The molecular weight excluding hydrogens is 317 g/mol. The molecule has 0 radical (unpaired) electrons. The number of alkyl halides is 3. The van der Waals surface area contributed by atoms with Gasteiger partial charge in [-0.1, -0.05) is 0 Å². The molecule has 122 valence electrons. The zero-order chi connectivity index (χ0) is 16.9. The van der Waals surface area contributed by atoms with Crippen LogP contribution in [-0.4, -0.2) is 44.1 Å². The van der Waals surface area contributed by atoms with Crippen molar-refractivity contribution in [2.45, 2.75) is 6.18 Å². The summed E-state index contributed by atoms with van der Waals surface area (Å²) < 4.78 is 37.4. The van der Waals surface area contributed by atoms with Crippen LogP contribution in [0.1, 0.15) is 16.2 Å². The van der Waals surface area contributed by atoms with E-state index >= 15 is 0 Å². The average molecular weight is 328 g/mol. The van der Waals surface area contributed by atoms with Gasteiger partial charge in [-0.2, -0.15) is 13.2 Å². The van der Waals surface area contributed by atoms with Gasteiger partial charge in [0.05, 0.1) is 12.4 Å². The first kappa shape index (κ1) is 16.4. The molecule has 23 heavy (non-hydrogen) atoms. The van der Waals surface area contributed by atoms with Crippen LogP contribution in [-0.2, 0) is 6.18 Å². The van der Waals surface area contributed by atoms with Crippen molar-refractivity contribution in [3.8, 4) is 0 Å². The Bertz CT molecular complexity index is 677. The number of anilines is 2. The third-order valence-electron chi connectivity index (χ3n) is 2.53. The molecule has 11 heteroatoms. The molecule has 0 saturated heterocycles. The topological polar surface area (TPSA) is 113 Å². The fraction of sp³-hybridized carbons (Fsp3) is 0.250.